The monoisotopic (exact) mass is 467 g/mol. The van der Waals surface area contributed by atoms with Crippen LogP contribution in [-0.2, 0) is 15.7 Å². The van der Waals surface area contributed by atoms with Gasteiger partial charge >= 0.3 is 12.1 Å². The summed E-state index contributed by atoms with van der Waals surface area (Å²) >= 11 is 0.948. The number of hydrogen-bond acceptors (Lipinski definition) is 9. The molecule has 0 fully saturated rings. The number of amides is 1. The molecule has 32 heavy (non-hydrogen) atoms. The van der Waals surface area contributed by atoms with Crippen LogP contribution in [0.1, 0.15) is 20.9 Å². The summed E-state index contributed by atoms with van der Waals surface area (Å²) < 4.78 is 43.2. The van der Waals surface area contributed by atoms with Gasteiger partial charge in [-0.25, -0.2) is 19.7 Å². The van der Waals surface area contributed by atoms with E-state index in [1.807, 2.05) is 0 Å². The lowest BCUT2D eigenvalue weighted by molar-refractivity contribution is -0.384. The third kappa shape index (κ3) is 5.21. The van der Waals surface area contributed by atoms with E-state index in [1.54, 1.807) is 13.0 Å². The number of esters is 1. The van der Waals surface area contributed by atoms with Crippen molar-refractivity contribution in [2.75, 3.05) is 11.9 Å². The number of nitro benzene ring substituents is 1. The summed E-state index contributed by atoms with van der Waals surface area (Å²) in [7, 11) is 0. The molecule has 1 N–H and O–H groups in total. The van der Waals surface area contributed by atoms with Crippen molar-refractivity contribution < 1.29 is 32.4 Å². The Morgan fingerprint density at radius 3 is 2.56 bits per heavy atom. The number of halogens is 3. The Bertz CT molecular complexity index is 1180. The molecule has 166 valence electrons. The van der Waals surface area contributed by atoms with Crippen molar-refractivity contribution in [3.63, 3.8) is 0 Å². The van der Waals surface area contributed by atoms with Crippen LogP contribution >= 0.6 is 11.3 Å². The molecular weight excluding hydrogens is 455 g/mol. The Kier molecular flexibility index (Phi) is 6.43. The zero-order valence-corrected chi connectivity index (χ0v) is 16.9. The molecule has 0 atom stereocenters. The Morgan fingerprint density at radius 1 is 1.25 bits per heavy atom. The van der Waals surface area contributed by atoms with E-state index < -0.39 is 46.5 Å². The number of thiazole rings is 1. The number of rotatable bonds is 6. The molecule has 1 amide bonds. The SMILES string of the molecule is Cc1nc(-c2ncccn2)sc1C(=O)OCC(=O)Nc1ccc(C(F)(F)F)cc1[N+](=O)[O-]. The van der Waals surface area contributed by atoms with Gasteiger partial charge in [0.05, 0.1) is 16.2 Å². The second kappa shape index (κ2) is 9.05. The molecule has 2 heterocycles. The van der Waals surface area contributed by atoms with E-state index >= 15 is 0 Å². The van der Waals surface area contributed by atoms with Crippen molar-refractivity contribution in [3.8, 4) is 10.8 Å². The second-order valence-corrected chi connectivity index (χ2v) is 7.12. The number of aromatic nitrogens is 3. The first-order valence-corrected chi connectivity index (χ1v) is 9.45. The second-order valence-electron chi connectivity index (χ2n) is 6.12. The average Bonchev–Trinajstić information content (AvgIpc) is 3.13. The molecule has 0 bridgehead atoms. The van der Waals surface area contributed by atoms with E-state index in [2.05, 4.69) is 20.3 Å². The van der Waals surface area contributed by atoms with E-state index in [-0.39, 0.29) is 4.88 Å². The van der Waals surface area contributed by atoms with E-state index in [0.717, 1.165) is 17.4 Å². The van der Waals surface area contributed by atoms with Crippen molar-refractivity contribution in [1.82, 2.24) is 15.0 Å². The molecule has 2 aromatic heterocycles. The number of nitro groups is 1. The van der Waals surface area contributed by atoms with Crippen LogP contribution in [0.15, 0.2) is 36.7 Å². The van der Waals surface area contributed by atoms with Gasteiger partial charge in [0, 0.05) is 18.5 Å². The summed E-state index contributed by atoms with van der Waals surface area (Å²) in [5, 5.41) is 13.5. The third-order valence-electron chi connectivity index (χ3n) is 3.87. The van der Waals surface area contributed by atoms with Crippen LogP contribution in [-0.4, -0.2) is 38.4 Å². The number of benzene rings is 1. The van der Waals surface area contributed by atoms with Gasteiger partial charge in [0.2, 0.25) is 0 Å². The van der Waals surface area contributed by atoms with E-state index in [1.165, 1.54) is 12.4 Å². The summed E-state index contributed by atoms with van der Waals surface area (Å²) in [6.07, 6.45) is -1.79. The first-order valence-electron chi connectivity index (χ1n) is 8.63. The highest BCUT2D eigenvalue weighted by Gasteiger charge is 2.33. The zero-order chi connectivity index (χ0) is 23.5. The minimum absolute atomic E-state index is 0.0979. The Morgan fingerprint density at radius 2 is 1.94 bits per heavy atom. The quantitative estimate of drug-likeness (QED) is 0.330. The smallest absolute Gasteiger partial charge is 0.416 e. The number of carbonyl (C=O) groups is 2. The summed E-state index contributed by atoms with van der Waals surface area (Å²) in [6, 6.07) is 3.25. The molecule has 0 aliphatic heterocycles. The largest absolute Gasteiger partial charge is 0.451 e. The Balaban J connectivity index is 1.67. The van der Waals surface area contributed by atoms with Gasteiger partial charge in [0.25, 0.3) is 11.6 Å². The number of alkyl halides is 3. The normalized spacial score (nSPS) is 11.1. The van der Waals surface area contributed by atoms with Crippen molar-refractivity contribution >= 4 is 34.6 Å². The lowest BCUT2D eigenvalue weighted by Crippen LogP contribution is -2.21. The fourth-order valence-corrected chi connectivity index (χ4v) is 3.35. The molecule has 10 nitrogen and oxygen atoms in total. The molecule has 3 rings (SSSR count). The fourth-order valence-electron chi connectivity index (χ4n) is 2.44. The summed E-state index contributed by atoms with van der Waals surface area (Å²) in [6.45, 7) is 0.719. The topological polar surface area (TPSA) is 137 Å². The minimum Gasteiger partial charge on any atom is -0.451 e. The molecule has 3 aromatic rings. The maximum atomic E-state index is 12.8. The predicted molar refractivity (Wildman–Crippen MR) is 105 cm³/mol. The van der Waals surface area contributed by atoms with Gasteiger partial charge in [-0.1, -0.05) is 0 Å². The van der Waals surface area contributed by atoms with Crippen LogP contribution in [0, 0.1) is 17.0 Å². The van der Waals surface area contributed by atoms with Gasteiger partial charge in [-0.15, -0.1) is 11.3 Å². The van der Waals surface area contributed by atoms with Gasteiger partial charge in [-0.05, 0) is 25.1 Å². The van der Waals surface area contributed by atoms with Gasteiger partial charge in [-0.2, -0.15) is 13.2 Å². The summed E-state index contributed by atoms with van der Waals surface area (Å²) in [5.74, 6) is -1.55. The Hall–Kier alpha value is -3.94. The summed E-state index contributed by atoms with van der Waals surface area (Å²) in [4.78, 5) is 46.7. The van der Waals surface area contributed by atoms with E-state index in [9.17, 15) is 32.9 Å². The van der Waals surface area contributed by atoms with Crippen molar-refractivity contribution in [1.29, 1.82) is 0 Å². The fraction of sp³-hybridized carbons (Fsp3) is 0.167. The molecule has 0 aliphatic rings. The number of aryl methyl sites for hydroxylation is 1. The van der Waals surface area contributed by atoms with Crippen LogP contribution in [0.4, 0.5) is 24.5 Å². The van der Waals surface area contributed by atoms with Crippen LogP contribution in [0.5, 0.6) is 0 Å². The number of anilines is 1. The average molecular weight is 467 g/mol. The minimum atomic E-state index is -4.79. The number of carbonyl (C=O) groups excluding carboxylic acids is 2. The molecular formula is C18H12F3N5O5S. The van der Waals surface area contributed by atoms with Gasteiger partial charge < -0.3 is 10.1 Å². The summed E-state index contributed by atoms with van der Waals surface area (Å²) in [5.41, 5.74) is -2.35. The molecule has 0 aliphatic carbocycles. The standard InChI is InChI=1S/C18H12F3N5O5S/c1-9-14(32-16(24-9)15-22-5-2-6-23-15)17(28)31-8-13(27)25-11-4-3-10(18(19,20)21)7-12(11)26(29)30/h2-7H,8H2,1H3,(H,25,27). The maximum absolute atomic E-state index is 12.8. The lowest BCUT2D eigenvalue weighted by atomic mass is 10.1. The first kappa shape index (κ1) is 22.7. The van der Waals surface area contributed by atoms with E-state index in [4.69, 9.17) is 4.74 Å². The number of nitrogens with zero attached hydrogens (tertiary/aromatic N) is 4. The van der Waals surface area contributed by atoms with Gasteiger partial charge in [0.15, 0.2) is 17.4 Å². The molecule has 0 radical (unpaired) electrons. The highest BCUT2D eigenvalue weighted by molar-refractivity contribution is 7.16. The zero-order valence-electron chi connectivity index (χ0n) is 16.0. The molecule has 1 aromatic carbocycles. The molecule has 0 unspecified atom stereocenters. The molecule has 0 spiro atoms. The van der Waals surface area contributed by atoms with Crippen LogP contribution in [0.3, 0.4) is 0 Å². The lowest BCUT2D eigenvalue weighted by Gasteiger charge is -2.10. The van der Waals surface area contributed by atoms with Crippen molar-refractivity contribution in [2.45, 2.75) is 13.1 Å². The highest BCUT2D eigenvalue weighted by atomic mass is 32.1. The number of hydrogen-bond donors (Lipinski definition) is 1. The third-order valence-corrected chi connectivity index (χ3v) is 5.00. The highest BCUT2D eigenvalue weighted by Crippen LogP contribution is 2.35. The van der Waals surface area contributed by atoms with Crippen LogP contribution in [0.25, 0.3) is 10.8 Å². The van der Waals surface area contributed by atoms with Crippen molar-refractivity contribution in [2.24, 2.45) is 0 Å². The molecule has 14 heteroatoms. The van der Waals surface area contributed by atoms with Gasteiger partial charge in [0.1, 0.15) is 10.6 Å². The van der Waals surface area contributed by atoms with E-state index in [0.29, 0.717) is 28.7 Å². The van der Waals surface area contributed by atoms with Crippen molar-refractivity contribution in [3.05, 3.63) is 62.9 Å². The predicted octanol–water partition coefficient (Wildman–Crippen LogP) is 3.63. The Labute approximate surface area is 181 Å². The van der Waals surface area contributed by atoms with Gasteiger partial charge in [-0.3, -0.25) is 14.9 Å². The van der Waals surface area contributed by atoms with Crippen LogP contribution < -0.4 is 5.32 Å². The number of ether oxygens (including phenoxy) is 1. The maximum Gasteiger partial charge on any atom is 0.416 e. The number of nitrogens with one attached hydrogen (secondary N) is 1. The molecule has 0 saturated carbocycles. The first-order chi connectivity index (χ1) is 15.1. The van der Waals surface area contributed by atoms with Crippen LogP contribution in [0.2, 0.25) is 0 Å². The molecule has 0 saturated heterocycles.